The van der Waals surface area contributed by atoms with Crippen LogP contribution in [0.25, 0.3) is 5.82 Å². The Morgan fingerprint density at radius 2 is 1.74 bits per heavy atom. The number of aromatic nitrogens is 3. The molecule has 0 radical (unpaired) electrons. The molecule has 3 aromatic heterocycles. The second kappa shape index (κ2) is 8.66. The van der Waals surface area contributed by atoms with E-state index in [2.05, 4.69) is 20.7 Å². The van der Waals surface area contributed by atoms with Crippen molar-refractivity contribution in [3.63, 3.8) is 0 Å². The summed E-state index contributed by atoms with van der Waals surface area (Å²) >= 11 is 0. The lowest BCUT2D eigenvalue weighted by molar-refractivity contribution is 0.0995. The monoisotopic (exact) mass is 415 g/mol. The van der Waals surface area contributed by atoms with Gasteiger partial charge in [0.1, 0.15) is 0 Å². The number of nitrogens with zero attached hydrogens (tertiary/aromatic N) is 3. The van der Waals surface area contributed by atoms with Gasteiger partial charge in [0.05, 0.1) is 23.7 Å². The predicted octanol–water partition coefficient (Wildman–Crippen LogP) is 4.49. The molecule has 3 heterocycles. The molecule has 156 valence electrons. The second-order valence-corrected chi connectivity index (χ2v) is 7.16. The number of nitrogens with one attached hydrogen (secondary N) is 2. The van der Waals surface area contributed by atoms with E-state index < -0.39 is 0 Å². The van der Waals surface area contributed by atoms with E-state index in [4.69, 9.17) is 4.42 Å². The molecule has 0 aliphatic rings. The Hall–Kier alpha value is -4.20. The summed E-state index contributed by atoms with van der Waals surface area (Å²) in [6.07, 6.45) is 4.66. The van der Waals surface area contributed by atoms with Gasteiger partial charge in [0, 0.05) is 17.6 Å². The van der Waals surface area contributed by atoms with Crippen LogP contribution >= 0.6 is 0 Å². The van der Waals surface area contributed by atoms with E-state index in [-0.39, 0.29) is 23.5 Å². The summed E-state index contributed by atoms with van der Waals surface area (Å²) in [5, 5.41) is 10.0. The third-order valence-corrected chi connectivity index (χ3v) is 4.59. The molecule has 0 fully saturated rings. The van der Waals surface area contributed by atoms with E-state index in [1.807, 2.05) is 32.0 Å². The van der Waals surface area contributed by atoms with Crippen LogP contribution in [0.4, 0.5) is 11.4 Å². The first-order valence-corrected chi connectivity index (χ1v) is 9.78. The minimum Gasteiger partial charge on any atom is -0.459 e. The van der Waals surface area contributed by atoms with Gasteiger partial charge in [-0.1, -0.05) is 26.0 Å². The van der Waals surface area contributed by atoms with Crippen LogP contribution in [0.2, 0.25) is 0 Å². The SMILES string of the molecule is CC(C)c1c(C(=O)Nc2cccc(NC(=O)c3ccco3)c2)cnn1-c1ccccn1. The number of benzene rings is 1. The van der Waals surface area contributed by atoms with Gasteiger partial charge in [-0.15, -0.1) is 0 Å². The second-order valence-electron chi connectivity index (χ2n) is 7.16. The molecule has 0 unspecified atom stereocenters. The molecule has 0 saturated carbocycles. The molecular formula is C23H21N5O3. The molecule has 0 aliphatic carbocycles. The molecule has 1 aromatic carbocycles. The minimum atomic E-state index is -0.368. The summed E-state index contributed by atoms with van der Waals surface area (Å²) in [5.74, 6) is 0.239. The first kappa shape index (κ1) is 20.1. The van der Waals surface area contributed by atoms with Crippen LogP contribution < -0.4 is 10.6 Å². The first-order chi connectivity index (χ1) is 15.0. The minimum absolute atomic E-state index is 0.0455. The van der Waals surface area contributed by atoms with Crippen molar-refractivity contribution in [1.82, 2.24) is 14.8 Å². The Balaban J connectivity index is 1.55. The number of carbonyl (C=O) groups is 2. The maximum absolute atomic E-state index is 13.0. The van der Waals surface area contributed by atoms with Gasteiger partial charge in [-0.05, 0) is 48.4 Å². The normalized spacial score (nSPS) is 10.8. The van der Waals surface area contributed by atoms with E-state index in [1.165, 1.54) is 6.26 Å². The highest BCUT2D eigenvalue weighted by atomic mass is 16.3. The van der Waals surface area contributed by atoms with Crippen LogP contribution in [-0.2, 0) is 0 Å². The molecule has 0 bridgehead atoms. The zero-order valence-electron chi connectivity index (χ0n) is 17.1. The van der Waals surface area contributed by atoms with Crippen LogP contribution in [0, 0.1) is 0 Å². The van der Waals surface area contributed by atoms with Gasteiger partial charge in [-0.3, -0.25) is 9.59 Å². The van der Waals surface area contributed by atoms with Gasteiger partial charge < -0.3 is 15.1 Å². The van der Waals surface area contributed by atoms with Gasteiger partial charge >= 0.3 is 0 Å². The Labute approximate surface area is 178 Å². The summed E-state index contributed by atoms with van der Waals surface area (Å²) < 4.78 is 6.78. The Morgan fingerprint density at radius 3 is 2.39 bits per heavy atom. The number of pyridine rings is 1. The molecule has 2 amide bonds. The van der Waals surface area contributed by atoms with Crippen molar-refractivity contribution in [1.29, 1.82) is 0 Å². The third kappa shape index (κ3) is 4.37. The van der Waals surface area contributed by atoms with Crippen LogP contribution in [0.15, 0.2) is 77.7 Å². The quantitative estimate of drug-likeness (QED) is 0.483. The molecule has 31 heavy (non-hydrogen) atoms. The van der Waals surface area contributed by atoms with Gasteiger partial charge in [-0.25, -0.2) is 9.67 Å². The van der Waals surface area contributed by atoms with Crippen molar-refractivity contribution < 1.29 is 14.0 Å². The molecular weight excluding hydrogens is 394 g/mol. The van der Waals surface area contributed by atoms with Crippen molar-refractivity contribution in [2.45, 2.75) is 19.8 Å². The summed E-state index contributed by atoms with van der Waals surface area (Å²) in [6, 6.07) is 15.7. The van der Waals surface area contributed by atoms with Crippen LogP contribution in [0.5, 0.6) is 0 Å². The fourth-order valence-corrected chi connectivity index (χ4v) is 3.22. The number of anilines is 2. The summed E-state index contributed by atoms with van der Waals surface area (Å²) in [4.78, 5) is 29.5. The number of amides is 2. The number of furan rings is 1. The standard InChI is InChI=1S/C23H21N5O3/c1-15(2)21-18(14-25-28(21)20-10-3-4-11-24-20)22(29)26-16-7-5-8-17(13-16)27-23(30)19-9-6-12-31-19/h3-15H,1-2H3,(H,26,29)(H,27,30). The van der Waals surface area contributed by atoms with Crippen LogP contribution in [-0.4, -0.2) is 26.6 Å². The average Bonchev–Trinajstić information content (AvgIpc) is 3.45. The topological polar surface area (TPSA) is 102 Å². The molecule has 0 saturated heterocycles. The lowest BCUT2D eigenvalue weighted by atomic mass is 10.1. The highest BCUT2D eigenvalue weighted by Gasteiger charge is 2.21. The van der Waals surface area contributed by atoms with Crippen molar-refractivity contribution >= 4 is 23.2 Å². The lowest BCUT2D eigenvalue weighted by Crippen LogP contribution is -2.16. The smallest absolute Gasteiger partial charge is 0.291 e. The van der Waals surface area contributed by atoms with Crippen LogP contribution in [0.1, 0.15) is 46.4 Å². The van der Waals surface area contributed by atoms with Crippen LogP contribution in [0.3, 0.4) is 0 Å². The Kier molecular flexibility index (Phi) is 5.61. The number of rotatable bonds is 6. The predicted molar refractivity (Wildman–Crippen MR) is 117 cm³/mol. The van der Waals surface area contributed by atoms with Crippen molar-refractivity contribution in [3.05, 3.63) is 90.3 Å². The molecule has 4 rings (SSSR count). The largest absolute Gasteiger partial charge is 0.459 e. The van der Waals surface area contributed by atoms with Crippen molar-refractivity contribution in [2.75, 3.05) is 10.6 Å². The zero-order valence-corrected chi connectivity index (χ0v) is 17.1. The maximum atomic E-state index is 13.0. The maximum Gasteiger partial charge on any atom is 0.291 e. The number of carbonyl (C=O) groups excluding carboxylic acids is 2. The van der Waals surface area contributed by atoms with E-state index in [9.17, 15) is 9.59 Å². The van der Waals surface area contributed by atoms with E-state index in [0.29, 0.717) is 22.8 Å². The summed E-state index contributed by atoms with van der Waals surface area (Å²) in [7, 11) is 0. The Morgan fingerprint density at radius 1 is 0.968 bits per heavy atom. The van der Waals surface area contributed by atoms with Crippen molar-refractivity contribution in [3.8, 4) is 5.82 Å². The Bertz CT molecular complexity index is 1200. The van der Waals surface area contributed by atoms with Gasteiger partial charge in [0.2, 0.25) is 0 Å². The zero-order chi connectivity index (χ0) is 21.8. The first-order valence-electron chi connectivity index (χ1n) is 9.78. The molecule has 8 heteroatoms. The fourth-order valence-electron chi connectivity index (χ4n) is 3.22. The number of hydrogen-bond acceptors (Lipinski definition) is 5. The average molecular weight is 415 g/mol. The molecule has 8 nitrogen and oxygen atoms in total. The summed E-state index contributed by atoms with van der Waals surface area (Å²) in [6.45, 7) is 4.00. The van der Waals surface area contributed by atoms with E-state index >= 15 is 0 Å². The van der Waals surface area contributed by atoms with Gasteiger partial charge in [0.15, 0.2) is 11.6 Å². The highest BCUT2D eigenvalue weighted by Crippen LogP contribution is 2.24. The molecule has 4 aromatic rings. The van der Waals surface area contributed by atoms with Crippen molar-refractivity contribution in [2.24, 2.45) is 0 Å². The summed E-state index contributed by atoms with van der Waals surface area (Å²) in [5.41, 5.74) is 2.30. The van der Waals surface area contributed by atoms with E-state index in [0.717, 1.165) is 5.69 Å². The molecule has 2 N–H and O–H groups in total. The van der Waals surface area contributed by atoms with E-state index in [1.54, 1.807) is 53.5 Å². The van der Waals surface area contributed by atoms with Gasteiger partial charge in [-0.2, -0.15) is 5.10 Å². The molecule has 0 spiro atoms. The molecule has 0 aliphatic heterocycles. The third-order valence-electron chi connectivity index (χ3n) is 4.59. The lowest BCUT2D eigenvalue weighted by Gasteiger charge is -2.13. The molecule has 0 atom stereocenters. The highest BCUT2D eigenvalue weighted by molar-refractivity contribution is 6.06. The fraction of sp³-hybridized carbons (Fsp3) is 0.130. The van der Waals surface area contributed by atoms with Gasteiger partial charge in [0.25, 0.3) is 11.8 Å². The number of hydrogen-bond donors (Lipinski definition) is 2.